The van der Waals surface area contributed by atoms with E-state index in [9.17, 15) is 4.79 Å². The van der Waals surface area contributed by atoms with E-state index in [1.807, 2.05) is 46.8 Å². The number of ether oxygens (including phenoxy) is 2. The minimum Gasteiger partial charge on any atom is -0.444 e. The predicted octanol–water partition coefficient (Wildman–Crippen LogP) is 5.33. The number of amides is 1. The lowest BCUT2D eigenvalue weighted by molar-refractivity contribution is -0.0629. The number of hydrogen-bond donors (Lipinski definition) is 0. The Morgan fingerprint density at radius 2 is 1.47 bits per heavy atom. The fraction of sp³-hybridized carbons (Fsp3) is 0.536. The van der Waals surface area contributed by atoms with Gasteiger partial charge < -0.3 is 13.9 Å². The van der Waals surface area contributed by atoms with Gasteiger partial charge in [-0.1, -0.05) is 81.4 Å². The summed E-state index contributed by atoms with van der Waals surface area (Å²) in [6.45, 7) is 17.3. The zero-order valence-electron chi connectivity index (χ0n) is 22.1. The molecular formula is C28H41NO4Si. The standard InChI is InChI=1S/C28H41NO4Si/c1-26(2,3)33-25(30)29-22(21-31-28(29,7)8)19-20-32-34(27(4,5)6,23-15-11-9-12-16-23)24-17-13-10-14-18-24/h9-18,22H,19-21H2,1-8H3/t22-/m0/s1. The van der Waals surface area contributed by atoms with Crippen molar-refractivity contribution in [1.82, 2.24) is 4.90 Å². The van der Waals surface area contributed by atoms with Crippen molar-refractivity contribution < 1.29 is 18.7 Å². The van der Waals surface area contributed by atoms with Crippen molar-refractivity contribution in [1.29, 1.82) is 0 Å². The number of hydrogen-bond acceptors (Lipinski definition) is 4. The van der Waals surface area contributed by atoms with Gasteiger partial charge in [-0.3, -0.25) is 4.90 Å². The van der Waals surface area contributed by atoms with Gasteiger partial charge in [-0.05, 0) is 56.5 Å². The van der Waals surface area contributed by atoms with Crippen LogP contribution in [-0.4, -0.2) is 49.9 Å². The van der Waals surface area contributed by atoms with Crippen molar-refractivity contribution in [2.24, 2.45) is 0 Å². The lowest BCUT2D eigenvalue weighted by atomic mass is 10.1. The van der Waals surface area contributed by atoms with Gasteiger partial charge in [0.05, 0.1) is 12.6 Å². The van der Waals surface area contributed by atoms with Crippen molar-refractivity contribution in [3.63, 3.8) is 0 Å². The van der Waals surface area contributed by atoms with Crippen molar-refractivity contribution in [2.45, 2.75) is 84.2 Å². The maximum absolute atomic E-state index is 13.0. The number of rotatable bonds is 6. The number of benzene rings is 2. The average molecular weight is 484 g/mol. The first-order valence-electron chi connectivity index (χ1n) is 12.2. The van der Waals surface area contributed by atoms with Gasteiger partial charge in [-0.2, -0.15) is 0 Å². The van der Waals surface area contributed by atoms with Crippen LogP contribution < -0.4 is 10.4 Å². The van der Waals surface area contributed by atoms with Gasteiger partial charge >= 0.3 is 6.09 Å². The Kier molecular flexibility index (Phi) is 7.65. The van der Waals surface area contributed by atoms with E-state index >= 15 is 0 Å². The Hall–Kier alpha value is -2.15. The van der Waals surface area contributed by atoms with E-state index in [4.69, 9.17) is 13.9 Å². The van der Waals surface area contributed by atoms with Crippen LogP contribution >= 0.6 is 0 Å². The van der Waals surface area contributed by atoms with E-state index in [1.54, 1.807) is 4.90 Å². The quantitative estimate of drug-likeness (QED) is 0.522. The van der Waals surface area contributed by atoms with Gasteiger partial charge in [-0.25, -0.2) is 4.79 Å². The molecule has 1 atom stereocenters. The predicted molar refractivity (Wildman–Crippen MR) is 140 cm³/mol. The second-order valence-electron chi connectivity index (χ2n) is 11.6. The van der Waals surface area contributed by atoms with Crippen LogP contribution in [0.5, 0.6) is 0 Å². The van der Waals surface area contributed by atoms with Crippen molar-refractivity contribution in [3.05, 3.63) is 60.7 Å². The monoisotopic (exact) mass is 483 g/mol. The second kappa shape index (κ2) is 9.84. The molecule has 6 heteroatoms. The Balaban J connectivity index is 1.88. The summed E-state index contributed by atoms with van der Waals surface area (Å²) >= 11 is 0. The highest BCUT2D eigenvalue weighted by atomic mass is 28.4. The molecule has 1 saturated heterocycles. The third-order valence-corrected chi connectivity index (χ3v) is 11.4. The second-order valence-corrected chi connectivity index (χ2v) is 15.9. The number of nitrogens with zero attached hydrogens (tertiary/aromatic N) is 1. The molecule has 2 aromatic rings. The molecule has 3 rings (SSSR count). The first kappa shape index (κ1) is 26.5. The molecule has 0 aliphatic carbocycles. The van der Waals surface area contributed by atoms with Gasteiger partial charge in [0.25, 0.3) is 8.32 Å². The smallest absolute Gasteiger partial charge is 0.412 e. The summed E-state index contributed by atoms with van der Waals surface area (Å²) in [6.07, 6.45) is 0.332. The number of carbonyl (C=O) groups excluding carboxylic acids is 1. The maximum Gasteiger partial charge on any atom is 0.412 e. The van der Waals surface area contributed by atoms with Crippen LogP contribution in [0.1, 0.15) is 61.8 Å². The molecule has 0 spiro atoms. The summed E-state index contributed by atoms with van der Waals surface area (Å²) in [6, 6.07) is 21.1. The van der Waals surface area contributed by atoms with Crippen LogP contribution in [0.3, 0.4) is 0 Å². The molecule has 34 heavy (non-hydrogen) atoms. The van der Waals surface area contributed by atoms with E-state index in [0.29, 0.717) is 19.6 Å². The third kappa shape index (κ3) is 5.56. The SMILES string of the molecule is CC(C)(C)OC(=O)N1[C@@H](CCO[Si](c2ccccc2)(c2ccccc2)C(C)(C)C)COC1(C)C. The van der Waals surface area contributed by atoms with Gasteiger partial charge in [-0.15, -0.1) is 0 Å². The van der Waals surface area contributed by atoms with E-state index in [0.717, 1.165) is 0 Å². The average Bonchev–Trinajstić information content (AvgIpc) is 3.04. The molecule has 0 radical (unpaired) electrons. The first-order chi connectivity index (χ1) is 15.8. The fourth-order valence-corrected chi connectivity index (χ4v) is 9.47. The summed E-state index contributed by atoms with van der Waals surface area (Å²) in [5, 5.41) is 2.41. The first-order valence-corrected chi connectivity index (χ1v) is 14.1. The lowest BCUT2D eigenvalue weighted by Gasteiger charge is -2.43. The summed E-state index contributed by atoms with van der Waals surface area (Å²) in [4.78, 5) is 14.8. The topological polar surface area (TPSA) is 48.0 Å². The maximum atomic E-state index is 13.0. The molecule has 0 bridgehead atoms. The molecule has 1 fully saturated rings. The lowest BCUT2D eigenvalue weighted by Crippen LogP contribution is -2.66. The highest BCUT2D eigenvalue weighted by Gasteiger charge is 2.51. The zero-order chi connectivity index (χ0) is 25.2. The largest absolute Gasteiger partial charge is 0.444 e. The van der Waals surface area contributed by atoms with Crippen LogP contribution in [0, 0.1) is 0 Å². The normalized spacial score (nSPS) is 18.7. The fourth-order valence-electron chi connectivity index (χ4n) is 4.89. The summed E-state index contributed by atoms with van der Waals surface area (Å²) in [7, 11) is -2.62. The van der Waals surface area contributed by atoms with Crippen LogP contribution in [0.2, 0.25) is 5.04 Å². The zero-order valence-corrected chi connectivity index (χ0v) is 23.1. The molecule has 1 aliphatic heterocycles. The van der Waals surface area contributed by atoms with E-state index in [-0.39, 0.29) is 17.2 Å². The highest BCUT2D eigenvalue weighted by Crippen LogP contribution is 2.37. The molecular weight excluding hydrogens is 442 g/mol. The van der Waals surface area contributed by atoms with Gasteiger partial charge in [0.2, 0.25) is 0 Å². The van der Waals surface area contributed by atoms with Crippen molar-refractivity contribution in [3.8, 4) is 0 Å². The summed E-state index contributed by atoms with van der Waals surface area (Å²) < 4.78 is 18.7. The van der Waals surface area contributed by atoms with Gasteiger partial charge in [0, 0.05) is 6.61 Å². The molecule has 1 amide bonds. The Labute approximate surface area is 206 Å². The molecule has 0 saturated carbocycles. The molecule has 0 N–H and O–H groups in total. The Bertz CT molecular complexity index is 908. The summed E-state index contributed by atoms with van der Waals surface area (Å²) in [5.74, 6) is 0. The molecule has 1 aliphatic rings. The van der Waals surface area contributed by atoms with Crippen LogP contribution in [0.4, 0.5) is 4.79 Å². The molecule has 2 aromatic carbocycles. The molecule has 0 aromatic heterocycles. The Morgan fingerprint density at radius 1 is 0.971 bits per heavy atom. The van der Waals surface area contributed by atoms with Gasteiger partial charge in [0.1, 0.15) is 11.3 Å². The van der Waals surface area contributed by atoms with E-state index < -0.39 is 19.6 Å². The van der Waals surface area contributed by atoms with Crippen LogP contribution in [0.25, 0.3) is 0 Å². The third-order valence-electron chi connectivity index (χ3n) is 6.35. The van der Waals surface area contributed by atoms with Gasteiger partial charge in [0.15, 0.2) is 0 Å². The number of carbonyl (C=O) groups is 1. The highest BCUT2D eigenvalue weighted by molar-refractivity contribution is 6.99. The molecule has 1 heterocycles. The molecule has 0 unspecified atom stereocenters. The van der Waals surface area contributed by atoms with Crippen LogP contribution in [-0.2, 0) is 13.9 Å². The van der Waals surface area contributed by atoms with Crippen molar-refractivity contribution >= 4 is 24.8 Å². The molecule has 5 nitrogen and oxygen atoms in total. The Morgan fingerprint density at radius 3 is 1.91 bits per heavy atom. The van der Waals surface area contributed by atoms with E-state index in [2.05, 4.69) is 69.3 Å². The van der Waals surface area contributed by atoms with Crippen molar-refractivity contribution in [2.75, 3.05) is 13.2 Å². The molecule has 186 valence electrons. The minimum atomic E-state index is -2.62. The van der Waals surface area contributed by atoms with Crippen LogP contribution in [0.15, 0.2) is 60.7 Å². The van der Waals surface area contributed by atoms with E-state index in [1.165, 1.54) is 10.4 Å². The minimum absolute atomic E-state index is 0.0913. The summed E-state index contributed by atoms with van der Waals surface area (Å²) in [5.41, 5.74) is -1.28.